The minimum absolute atomic E-state index is 0.0976. The first-order valence-corrected chi connectivity index (χ1v) is 8.74. The van der Waals surface area contributed by atoms with E-state index < -0.39 is 30.2 Å². The van der Waals surface area contributed by atoms with Crippen LogP contribution in [-0.4, -0.2) is 41.2 Å². The number of aromatic nitrogens is 6. The number of alkyl halides is 3. The van der Waals surface area contributed by atoms with E-state index in [-0.39, 0.29) is 23.6 Å². The molecule has 2 amide bonds. The second-order valence-electron chi connectivity index (χ2n) is 6.61. The average Bonchev–Trinajstić information content (AvgIpc) is 3.33. The molecule has 10 nitrogen and oxygen atoms in total. The lowest BCUT2D eigenvalue weighted by Crippen LogP contribution is -2.27. The molecule has 2 N–H and O–H groups in total. The number of nitrogens with zero attached hydrogens (tertiary/aromatic N) is 6. The lowest BCUT2D eigenvalue weighted by molar-refractivity contribution is -0.141. The molecule has 3 heterocycles. The Kier molecular flexibility index (Phi) is 5.62. The summed E-state index contributed by atoms with van der Waals surface area (Å²) in [6.45, 7) is 1.18. The van der Waals surface area contributed by atoms with Crippen LogP contribution in [0.25, 0.3) is 0 Å². The molecular formula is C17H19F3N8O2. The van der Waals surface area contributed by atoms with Crippen LogP contribution in [0.3, 0.4) is 0 Å². The Bertz CT molecular complexity index is 1080. The minimum Gasteiger partial charge on any atom is -0.346 e. The molecule has 0 atom stereocenters. The van der Waals surface area contributed by atoms with Gasteiger partial charge in [0.05, 0.1) is 18.1 Å². The van der Waals surface area contributed by atoms with Gasteiger partial charge in [0.25, 0.3) is 5.91 Å². The van der Waals surface area contributed by atoms with Gasteiger partial charge in [0.1, 0.15) is 12.2 Å². The molecule has 0 saturated carbocycles. The van der Waals surface area contributed by atoms with Gasteiger partial charge in [-0.2, -0.15) is 28.5 Å². The quantitative estimate of drug-likeness (QED) is 0.619. The maximum absolute atomic E-state index is 12.8. The molecule has 3 rings (SSSR count). The van der Waals surface area contributed by atoms with Crippen LogP contribution in [0, 0.1) is 6.92 Å². The van der Waals surface area contributed by atoms with E-state index in [1.807, 2.05) is 0 Å². The first kappa shape index (κ1) is 21.1. The van der Waals surface area contributed by atoms with E-state index in [1.165, 1.54) is 24.9 Å². The topological polar surface area (TPSA) is 112 Å². The van der Waals surface area contributed by atoms with E-state index in [9.17, 15) is 22.8 Å². The molecule has 0 fully saturated rings. The Morgan fingerprint density at radius 1 is 1.17 bits per heavy atom. The highest BCUT2D eigenvalue weighted by Gasteiger charge is 2.34. The second-order valence-corrected chi connectivity index (χ2v) is 6.61. The molecule has 3 aromatic rings. The van der Waals surface area contributed by atoms with Crippen molar-refractivity contribution in [2.24, 2.45) is 14.1 Å². The molecule has 13 heteroatoms. The monoisotopic (exact) mass is 424 g/mol. The number of hydrogen-bond acceptors (Lipinski definition) is 5. The Labute approximate surface area is 168 Å². The van der Waals surface area contributed by atoms with Gasteiger partial charge in [-0.15, -0.1) is 0 Å². The zero-order valence-corrected chi connectivity index (χ0v) is 16.4. The fraction of sp³-hybridized carbons (Fsp3) is 0.353. The van der Waals surface area contributed by atoms with E-state index in [2.05, 4.69) is 25.9 Å². The minimum atomic E-state index is -4.60. The SMILES string of the molecule is Cc1cc(C(F)(F)F)nn1CC(=O)Nc1cnn(C)c1C(=O)NCc1cnn(C)c1. The number of carbonyl (C=O) groups is 2. The number of halogens is 3. The lowest BCUT2D eigenvalue weighted by Gasteiger charge is -2.09. The predicted molar refractivity (Wildman–Crippen MR) is 98.2 cm³/mol. The molecular weight excluding hydrogens is 405 g/mol. The first-order valence-electron chi connectivity index (χ1n) is 8.74. The fourth-order valence-corrected chi connectivity index (χ4v) is 2.76. The van der Waals surface area contributed by atoms with Crippen molar-refractivity contribution in [3.8, 4) is 0 Å². The van der Waals surface area contributed by atoms with Crippen LogP contribution >= 0.6 is 0 Å². The maximum atomic E-state index is 12.8. The summed E-state index contributed by atoms with van der Waals surface area (Å²) >= 11 is 0. The normalized spacial score (nSPS) is 11.5. The van der Waals surface area contributed by atoms with Crippen molar-refractivity contribution in [1.29, 1.82) is 0 Å². The van der Waals surface area contributed by atoms with Gasteiger partial charge in [-0.25, -0.2) is 0 Å². The van der Waals surface area contributed by atoms with E-state index in [4.69, 9.17) is 0 Å². The van der Waals surface area contributed by atoms with Crippen LogP contribution in [0.2, 0.25) is 0 Å². The molecule has 0 unspecified atom stereocenters. The molecule has 0 spiro atoms. The standard InChI is InChI=1S/C17H19F3N8O2/c1-10-4-13(17(18,19)20)25-28(10)9-14(29)24-12-7-23-27(3)15(12)16(30)21-5-11-6-22-26(2)8-11/h4,6-8H,5,9H2,1-3H3,(H,21,30)(H,24,29). The number of amides is 2. The second kappa shape index (κ2) is 8.00. The Balaban J connectivity index is 1.68. The van der Waals surface area contributed by atoms with Crippen LogP contribution in [0.4, 0.5) is 18.9 Å². The third-order valence-electron chi connectivity index (χ3n) is 4.20. The number of hydrogen-bond donors (Lipinski definition) is 2. The summed E-state index contributed by atoms with van der Waals surface area (Å²) in [5.41, 5.74) is 0.114. The van der Waals surface area contributed by atoms with Crippen molar-refractivity contribution in [2.75, 3.05) is 5.32 Å². The van der Waals surface area contributed by atoms with Gasteiger partial charge in [0, 0.05) is 38.1 Å². The van der Waals surface area contributed by atoms with Crippen molar-refractivity contribution in [2.45, 2.75) is 26.2 Å². The summed E-state index contributed by atoms with van der Waals surface area (Å²) in [6.07, 6.45) is 0.0327. The van der Waals surface area contributed by atoms with E-state index in [0.717, 1.165) is 16.3 Å². The summed E-state index contributed by atoms with van der Waals surface area (Å²) in [4.78, 5) is 24.9. The van der Waals surface area contributed by atoms with E-state index >= 15 is 0 Å². The predicted octanol–water partition coefficient (Wildman–Crippen LogP) is 1.25. The van der Waals surface area contributed by atoms with Gasteiger partial charge in [0.2, 0.25) is 5.91 Å². The summed E-state index contributed by atoms with van der Waals surface area (Å²) in [5.74, 6) is -1.13. The zero-order chi connectivity index (χ0) is 22.1. The van der Waals surface area contributed by atoms with Crippen LogP contribution in [0.1, 0.15) is 27.4 Å². The largest absolute Gasteiger partial charge is 0.435 e. The fourth-order valence-electron chi connectivity index (χ4n) is 2.76. The van der Waals surface area contributed by atoms with Gasteiger partial charge >= 0.3 is 6.18 Å². The highest BCUT2D eigenvalue weighted by Crippen LogP contribution is 2.28. The van der Waals surface area contributed by atoms with E-state index in [0.29, 0.717) is 0 Å². The number of nitrogens with one attached hydrogen (secondary N) is 2. The Hall–Kier alpha value is -3.64. The van der Waals surface area contributed by atoms with Crippen LogP contribution in [-0.2, 0) is 38.2 Å². The molecule has 160 valence electrons. The van der Waals surface area contributed by atoms with Crippen LogP contribution in [0.5, 0.6) is 0 Å². The molecule has 0 aliphatic carbocycles. The van der Waals surface area contributed by atoms with Gasteiger partial charge in [-0.3, -0.25) is 23.6 Å². The van der Waals surface area contributed by atoms with Gasteiger partial charge in [-0.1, -0.05) is 0 Å². The summed E-state index contributed by atoms with van der Waals surface area (Å²) in [5, 5.41) is 16.6. The summed E-state index contributed by atoms with van der Waals surface area (Å²) in [7, 11) is 3.28. The van der Waals surface area contributed by atoms with Gasteiger partial charge in [-0.05, 0) is 13.0 Å². The molecule has 3 aromatic heterocycles. The Morgan fingerprint density at radius 2 is 1.90 bits per heavy atom. The first-order chi connectivity index (χ1) is 14.0. The summed E-state index contributed by atoms with van der Waals surface area (Å²) < 4.78 is 42.1. The zero-order valence-electron chi connectivity index (χ0n) is 16.4. The van der Waals surface area contributed by atoms with Gasteiger partial charge in [0.15, 0.2) is 5.69 Å². The third-order valence-corrected chi connectivity index (χ3v) is 4.20. The van der Waals surface area contributed by atoms with Gasteiger partial charge < -0.3 is 10.6 Å². The van der Waals surface area contributed by atoms with Crippen LogP contribution in [0.15, 0.2) is 24.7 Å². The molecule has 0 radical (unpaired) electrons. The van der Waals surface area contributed by atoms with Crippen molar-refractivity contribution in [3.63, 3.8) is 0 Å². The molecule has 30 heavy (non-hydrogen) atoms. The van der Waals surface area contributed by atoms with E-state index in [1.54, 1.807) is 24.1 Å². The molecule has 0 bridgehead atoms. The van der Waals surface area contributed by atoms with Crippen molar-refractivity contribution in [1.82, 2.24) is 34.7 Å². The Morgan fingerprint density at radius 3 is 2.50 bits per heavy atom. The maximum Gasteiger partial charge on any atom is 0.435 e. The van der Waals surface area contributed by atoms with Crippen molar-refractivity contribution >= 4 is 17.5 Å². The van der Waals surface area contributed by atoms with Crippen molar-refractivity contribution < 1.29 is 22.8 Å². The van der Waals surface area contributed by atoms with Crippen molar-refractivity contribution in [3.05, 3.63) is 47.3 Å². The number of anilines is 1. The lowest BCUT2D eigenvalue weighted by atomic mass is 10.3. The number of aryl methyl sites for hydroxylation is 3. The average molecular weight is 424 g/mol. The molecule has 0 aliphatic rings. The highest BCUT2D eigenvalue weighted by atomic mass is 19.4. The summed E-state index contributed by atoms with van der Waals surface area (Å²) in [6, 6.07) is 0.856. The smallest absolute Gasteiger partial charge is 0.346 e. The number of carbonyl (C=O) groups excluding carboxylic acids is 2. The third kappa shape index (κ3) is 4.67. The van der Waals surface area contributed by atoms with Crippen LogP contribution < -0.4 is 10.6 Å². The highest BCUT2D eigenvalue weighted by molar-refractivity contribution is 6.02. The number of rotatable bonds is 6. The molecule has 0 aliphatic heterocycles. The molecule has 0 saturated heterocycles. The molecule has 0 aromatic carbocycles.